The molecule has 1 aromatic carbocycles. The Labute approximate surface area is 214 Å². The van der Waals surface area contributed by atoms with Crippen molar-refractivity contribution in [1.29, 1.82) is 0 Å². The number of piperidine rings is 1. The van der Waals surface area contributed by atoms with Gasteiger partial charge in [-0.05, 0) is 36.1 Å². The summed E-state index contributed by atoms with van der Waals surface area (Å²) < 4.78 is 54.0. The van der Waals surface area contributed by atoms with Crippen LogP contribution in [0.4, 0.5) is 13.2 Å². The number of fused-ring (bicyclic) bond motifs is 4. The van der Waals surface area contributed by atoms with Crippen LogP contribution in [0, 0.1) is 23.4 Å². The number of carbonyl (C=O) groups excluding carboxylic acids is 1. The van der Waals surface area contributed by atoms with Crippen molar-refractivity contribution >= 4 is 5.97 Å². The van der Waals surface area contributed by atoms with Crippen molar-refractivity contribution in [3.05, 3.63) is 97.2 Å². The lowest BCUT2D eigenvalue weighted by Gasteiger charge is -2.42. The highest BCUT2D eigenvalue weighted by molar-refractivity contribution is 5.71. The van der Waals surface area contributed by atoms with E-state index in [1.807, 2.05) is 6.07 Å². The maximum atomic E-state index is 14.0. The molecule has 3 aromatic rings. The molecule has 1 saturated heterocycles. The van der Waals surface area contributed by atoms with E-state index in [1.165, 1.54) is 0 Å². The summed E-state index contributed by atoms with van der Waals surface area (Å²) in [6.45, 7) is 2.00. The monoisotopic (exact) mass is 530 g/mol. The number of pyridine rings is 1. The second-order valence-corrected chi connectivity index (χ2v) is 9.81. The van der Waals surface area contributed by atoms with E-state index in [4.69, 9.17) is 4.42 Å². The maximum Gasteiger partial charge on any atom is 0.306 e. The van der Waals surface area contributed by atoms with Gasteiger partial charge in [0.2, 0.25) is 11.2 Å². The number of nitrogens with zero attached hydrogens (tertiary/aromatic N) is 2. The third-order valence-corrected chi connectivity index (χ3v) is 7.26. The van der Waals surface area contributed by atoms with Gasteiger partial charge in [0.25, 0.3) is 5.56 Å². The summed E-state index contributed by atoms with van der Waals surface area (Å²) >= 11 is 0. The molecule has 1 N–H and O–H groups in total. The van der Waals surface area contributed by atoms with E-state index in [0.29, 0.717) is 31.8 Å². The van der Waals surface area contributed by atoms with Crippen molar-refractivity contribution in [2.75, 3.05) is 20.2 Å². The minimum atomic E-state index is -1.69. The van der Waals surface area contributed by atoms with Crippen LogP contribution in [0.1, 0.15) is 47.5 Å². The highest BCUT2D eigenvalue weighted by atomic mass is 19.2. The predicted molar refractivity (Wildman–Crippen MR) is 128 cm³/mol. The van der Waals surface area contributed by atoms with Gasteiger partial charge in [-0.1, -0.05) is 6.07 Å². The van der Waals surface area contributed by atoms with Gasteiger partial charge in [0.15, 0.2) is 23.2 Å². The van der Waals surface area contributed by atoms with Crippen molar-refractivity contribution in [2.24, 2.45) is 5.92 Å². The van der Waals surface area contributed by atoms with Gasteiger partial charge in [-0.3, -0.25) is 19.3 Å². The number of aromatic nitrogens is 1. The Morgan fingerprint density at radius 2 is 1.87 bits per heavy atom. The summed E-state index contributed by atoms with van der Waals surface area (Å²) in [4.78, 5) is 39.2. The minimum Gasteiger partial charge on any atom is -0.502 e. The average molecular weight is 530 g/mol. The molecule has 2 aliphatic heterocycles. The van der Waals surface area contributed by atoms with Crippen LogP contribution in [0.5, 0.6) is 5.75 Å². The maximum absolute atomic E-state index is 14.0. The van der Waals surface area contributed by atoms with Crippen LogP contribution in [0.2, 0.25) is 0 Å². The first-order valence-corrected chi connectivity index (χ1v) is 12.1. The number of ether oxygens (including phenoxy) is 1. The molecular formula is C27H25F3N2O6. The summed E-state index contributed by atoms with van der Waals surface area (Å²) in [5, 5.41) is 10.5. The lowest BCUT2D eigenvalue weighted by molar-refractivity contribution is -0.140. The number of hydrogen-bond acceptors (Lipinski definition) is 7. The number of carbonyl (C=O) groups is 1. The lowest BCUT2D eigenvalue weighted by Crippen LogP contribution is -2.46. The first-order valence-electron chi connectivity index (χ1n) is 12.1. The van der Waals surface area contributed by atoms with Gasteiger partial charge >= 0.3 is 5.97 Å². The van der Waals surface area contributed by atoms with Crippen LogP contribution in [0.25, 0.3) is 0 Å². The van der Waals surface area contributed by atoms with Crippen LogP contribution in [-0.2, 0) is 22.6 Å². The second-order valence-electron chi connectivity index (χ2n) is 9.81. The van der Waals surface area contributed by atoms with E-state index in [-0.39, 0.29) is 41.0 Å². The molecule has 3 atom stereocenters. The highest BCUT2D eigenvalue weighted by Crippen LogP contribution is 2.37. The van der Waals surface area contributed by atoms with Crippen LogP contribution in [-0.4, -0.2) is 40.7 Å². The zero-order valence-electron chi connectivity index (χ0n) is 20.5. The summed E-state index contributed by atoms with van der Waals surface area (Å²) in [7, 11) is 1.11. The zero-order valence-corrected chi connectivity index (χ0v) is 20.5. The fourth-order valence-corrected chi connectivity index (χ4v) is 5.60. The molecule has 0 unspecified atom stereocenters. The van der Waals surface area contributed by atoms with Crippen LogP contribution in [0.3, 0.4) is 0 Å². The fraction of sp³-hybridized carbons (Fsp3) is 0.370. The first kappa shape index (κ1) is 25.8. The Morgan fingerprint density at radius 1 is 1.13 bits per heavy atom. The van der Waals surface area contributed by atoms with Crippen molar-refractivity contribution in [3.8, 4) is 5.75 Å². The van der Waals surface area contributed by atoms with Crippen LogP contribution >= 0.6 is 0 Å². The second kappa shape index (κ2) is 10.1. The Hall–Kier alpha value is -3.86. The molecule has 11 heteroatoms. The molecular weight excluding hydrogens is 505 g/mol. The van der Waals surface area contributed by atoms with Crippen LogP contribution < -0.4 is 11.0 Å². The van der Waals surface area contributed by atoms with E-state index in [2.05, 4.69) is 9.64 Å². The molecule has 4 heterocycles. The van der Waals surface area contributed by atoms with Gasteiger partial charge in [-0.2, -0.15) is 0 Å². The van der Waals surface area contributed by atoms with Crippen molar-refractivity contribution in [3.63, 3.8) is 0 Å². The standard InChI is InChI=1S/C27H25F3N2O6/c1-37-24(35)9-18(15-6-19(28)25(30)20(29)7-15)27-26(36)22(33)8-17(38-27)13-31-10-14-5-16(12-31)21-3-2-4-23(34)32(21)11-14/h2-4,6-8,14,16,18,36H,5,9-13H2,1H3/t14-,16+,18-/m0/s1. The number of hydrogen-bond donors (Lipinski definition) is 1. The third-order valence-electron chi connectivity index (χ3n) is 7.26. The normalized spacial score (nSPS) is 19.6. The van der Waals surface area contributed by atoms with Crippen molar-refractivity contribution < 1.29 is 32.2 Å². The molecule has 5 rings (SSSR count). The van der Waals surface area contributed by atoms with E-state index in [9.17, 15) is 32.7 Å². The van der Waals surface area contributed by atoms with Crippen molar-refractivity contribution in [2.45, 2.75) is 37.8 Å². The topological polar surface area (TPSA) is 102 Å². The smallest absolute Gasteiger partial charge is 0.306 e. The number of esters is 1. The molecule has 8 nitrogen and oxygen atoms in total. The largest absolute Gasteiger partial charge is 0.502 e. The van der Waals surface area contributed by atoms with Gasteiger partial charge in [0.1, 0.15) is 5.76 Å². The molecule has 0 amide bonds. The zero-order chi connectivity index (χ0) is 27.1. The molecule has 200 valence electrons. The van der Waals surface area contributed by atoms with Crippen LogP contribution in [0.15, 0.2) is 50.4 Å². The first-order chi connectivity index (χ1) is 18.1. The molecule has 2 aromatic heterocycles. The SMILES string of the molecule is COC(=O)C[C@@H](c1cc(F)c(F)c(F)c1)c1oc(CN2C[C@@H]3C[C@H](C2)c2cccc(=O)n2C3)cc(=O)c1O. The molecule has 0 radical (unpaired) electrons. The molecule has 0 saturated carbocycles. The molecule has 0 aliphatic carbocycles. The molecule has 1 fully saturated rings. The lowest BCUT2D eigenvalue weighted by atomic mass is 9.83. The van der Waals surface area contributed by atoms with Gasteiger partial charge in [-0.25, -0.2) is 13.2 Å². The summed E-state index contributed by atoms with van der Waals surface area (Å²) in [6, 6.07) is 7.71. The average Bonchev–Trinajstić information content (AvgIpc) is 2.88. The number of rotatable bonds is 6. The van der Waals surface area contributed by atoms with Gasteiger partial charge in [-0.15, -0.1) is 0 Å². The van der Waals surface area contributed by atoms with Gasteiger partial charge in [0, 0.05) is 43.4 Å². The number of aromatic hydroxyl groups is 1. The Kier molecular flexibility index (Phi) is 6.87. The molecule has 2 aliphatic rings. The van der Waals surface area contributed by atoms with Gasteiger partial charge in [0.05, 0.1) is 26.0 Å². The number of likely N-dealkylation sites (tertiary alicyclic amines) is 1. The van der Waals surface area contributed by atoms with Crippen molar-refractivity contribution in [1.82, 2.24) is 9.47 Å². The Balaban J connectivity index is 1.48. The molecule has 2 bridgehead atoms. The van der Waals surface area contributed by atoms with E-state index in [1.54, 1.807) is 16.7 Å². The number of halogens is 3. The van der Waals surface area contributed by atoms with E-state index >= 15 is 0 Å². The van der Waals surface area contributed by atoms with E-state index < -0.39 is 46.9 Å². The van der Waals surface area contributed by atoms with Gasteiger partial charge < -0.3 is 18.8 Å². The minimum absolute atomic E-state index is 0.0369. The fourth-order valence-electron chi connectivity index (χ4n) is 5.60. The molecule has 38 heavy (non-hydrogen) atoms. The number of methoxy groups -OCH3 is 1. The van der Waals surface area contributed by atoms with E-state index in [0.717, 1.165) is 25.3 Å². The summed E-state index contributed by atoms with van der Waals surface area (Å²) in [5.74, 6) is -7.51. The molecule has 0 spiro atoms. The number of benzene rings is 1. The Bertz CT molecular complexity index is 1490. The summed E-state index contributed by atoms with van der Waals surface area (Å²) in [5.41, 5.74) is -0.0971. The summed E-state index contributed by atoms with van der Waals surface area (Å²) in [6.07, 6.45) is 0.397. The third kappa shape index (κ3) is 4.85. The Morgan fingerprint density at radius 3 is 2.58 bits per heavy atom. The highest BCUT2D eigenvalue weighted by Gasteiger charge is 2.35. The predicted octanol–water partition coefficient (Wildman–Crippen LogP) is 3.24. The quantitative estimate of drug-likeness (QED) is 0.386.